The standard InChI is InChI=1S/C18H15F2N3O3S/c1-25-10-6-7-15(26-2)11(8-10)14-9-27-18(21-14)23-17(24)22-16-12(19)4-3-5-13(16)20/h3-9H,1-2H3,(H2,21,22,23,24). The molecule has 140 valence electrons. The molecule has 0 radical (unpaired) electrons. The van der Waals surface area contributed by atoms with Crippen molar-refractivity contribution in [2.75, 3.05) is 24.9 Å². The number of nitrogens with zero attached hydrogens (tertiary/aromatic N) is 1. The predicted octanol–water partition coefficient (Wildman–Crippen LogP) is 4.75. The highest BCUT2D eigenvalue weighted by atomic mass is 32.1. The van der Waals surface area contributed by atoms with Crippen molar-refractivity contribution in [2.45, 2.75) is 0 Å². The smallest absolute Gasteiger partial charge is 0.325 e. The number of hydrogen-bond acceptors (Lipinski definition) is 5. The van der Waals surface area contributed by atoms with E-state index in [0.29, 0.717) is 22.8 Å². The summed E-state index contributed by atoms with van der Waals surface area (Å²) in [6, 6.07) is 7.76. The fourth-order valence-corrected chi connectivity index (χ4v) is 3.03. The molecule has 2 N–H and O–H groups in total. The maximum Gasteiger partial charge on any atom is 0.325 e. The normalized spacial score (nSPS) is 10.4. The van der Waals surface area contributed by atoms with E-state index < -0.39 is 23.4 Å². The number of urea groups is 1. The second-order valence-electron chi connectivity index (χ2n) is 5.28. The third-order valence-corrected chi connectivity index (χ3v) is 4.37. The summed E-state index contributed by atoms with van der Waals surface area (Å²) in [7, 11) is 3.08. The predicted molar refractivity (Wildman–Crippen MR) is 99.7 cm³/mol. The van der Waals surface area contributed by atoms with Crippen LogP contribution in [0.3, 0.4) is 0 Å². The highest BCUT2D eigenvalue weighted by Gasteiger charge is 2.15. The van der Waals surface area contributed by atoms with E-state index in [-0.39, 0.29) is 5.13 Å². The van der Waals surface area contributed by atoms with Gasteiger partial charge in [0, 0.05) is 10.9 Å². The van der Waals surface area contributed by atoms with E-state index in [1.807, 2.05) is 0 Å². The Morgan fingerprint density at radius 2 is 1.81 bits per heavy atom. The number of anilines is 2. The molecule has 0 aliphatic heterocycles. The molecule has 6 nitrogen and oxygen atoms in total. The van der Waals surface area contributed by atoms with E-state index in [1.54, 1.807) is 30.7 Å². The van der Waals surface area contributed by atoms with Crippen LogP contribution in [0.25, 0.3) is 11.3 Å². The number of methoxy groups -OCH3 is 2. The second-order valence-corrected chi connectivity index (χ2v) is 6.14. The maximum absolute atomic E-state index is 13.6. The number of para-hydroxylation sites is 1. The third-order valence-electron chi connectivity index (χ3n) is 3.61. The number of amides is 2. The minimum atomic E-state index is -0.869. The van der Waals surface area contributed by atoms with Gasteiger partial charge in [0.25, 0.3) is 0 Å². The van der Waals surface area contributed by atoms with Gasteiger partial charge < -0.3 is 14.8 Å². The number of halogens is 2. The molecule has 2 amide bonds. The average molecular weight is 391 g/mol. The molecule has 0 fully saturated rings. The Morgan fingerprint density at radius 3 is 2.48 bits per heavy atom. The zero-order valence-electron chi connectivity index (χ0n) is 14.4. The molecule has 0 bridgehead atoms. The van der Waals surface area contributed by atoms with Crippen LogP contribution in [0.5, 0.6) is 11.5 Å². The summed E-state index contributed by atoms with van der Waals surface area (Å²) < 4.78 is 37.7. The molecule has 0 saturated heterocycles. The van der Waals surface area contributed by atoms with Crippen molar-refractivity contribution in [2.24, 2.45) is 0 Å². The molecular formula is C18H15F2N3O3S. The van der Waals surface area contributed by atoms with Gasteiger partial charge in [-0.05, 0) is 30.3 Å². The van der Waals surface area contributed by atoms with Gasteiger partial charge in [0.1, 0.15) is 28.8 Å². The van der Waals surface area contributed by atoms with E-state index >= 15 is 0 Å². The monoisotopic (exact) mass is 391 g/mol. The SMILES string of the molecule is COc1ccc(OC)c(-c2csc(NC(=O)Nc3c(F)cccc3F)n2)c1. The average Bonchev–Trinajstić information content (AvgIpc) is 3.12. The fourth-order valence-electron chi connectivity index (χ4n) is 2.33. The van der Waals surface area contributed by atoms with Crippen LogP contribution in [0, 0.1) is 11.6 Å². The first-order chi connectivity index (χ1) is 13.0. The zero-order valence-corrected chi connectivity index (χ0v) is 15.2. The summed E-state index contributed by atoms with van der Waals surface area (Å²) >= 11 is 1.16. The highest BCUT2D eigenvalue weighted by Crippen LogP contribution is 2.35. The van der Waals surface area contributed by atoms with E-state index in [1.165, 1.54) is 13.2 Å². The van der Waals surface area contributed by atoms with Crippen LogP contribution in [0.4, 0.5) is 24.4 Å². The Morgan fingerprint density at radius 1 is 1.07 bits per heavy atom. The summed E-state index contributed by atoms with van der Waals surface area (Å²) in [5.41, 5.74) is 0.714. The van der Waals surface area contributed by atoms with Gasteiger partial charge in [0.15, 0.2) is 5.13 Å². The topological polar surface area (TPSA) is 72.5 Å². The first-order valence-corrected chi connectivity index (χ1v) is 8.59. The largest absolute Gasteiger partial charge is 0.497 e. The molecule has 3 rings (SSSR count). The Bertz CT molecular complexity index is 958. The molecule has 0 atom stereocenters. The fraction of sp³-hybridized carbons (Fsp3) is 0.111. The highest BCUT2D eigenvalue weighted by molar-refractivity contribution is 7.14. The molecule has 3 aromatic rings. The lowest BCUT2D eigenvalue weighted by molar-refractivity contribution is 0.262. The third kappa shape index (κ3) is 4.14. The number of hydrogen-bond donors (Lipinski definition) is 2. The van der Waals surface area contributed by atoms with Crippen molar-refractivity contribution in [1.29, 1.82) is 0 Å². The number of carbonyl (C=O) groups excluding carboxylic acids is 1. The van der Waals surface area contributed by atoms with Crippen LogP contribution in [-0.4, -0.2) is 25.2 Å². The minimum absolute atomic E-state index is 0.254. The first-order valence-electron chi connectivity index (χ1n) is 7.71. The summed E-state index contributed by atoms with van der Waals surface area (Å²) in [4.78, 5) is 16.3. The van der Waals surface area contributed by atoms with Gasteiger partial charge in [-0.1, -0.05) is 6.07 Å². The van der Waals surface area contributed by atoms with Gasteiger partial charge in [0.2, 0.25) is 0 Å². The van der Waals surface area contributed by atoms with Gasteiger partial charge in [-0.15, -0.1) is 11.3 Å². The first kappa shape index (κ1) is 18.6. The summed E-state index contributed by atoms with van der Waals surface area (Å²) in [5, 5.41) is 6.56. The van der Waals surface area contributed by atoms with Gasteiger partial charge >= 0.3 is 6.03 Å². The van der Waals surface area contributed by atoms with Crippen LogP contribution in [0.1, 0.15) is 0 Å². The molecule has 0 saturated carbocycles. The molecule has 0 aliphatic carbocycles. The van der Waals surface area contributed by atoms with E-state index in [0.717, 1.165) is 23.5 Å². The van der Waals surface area contributed by atoms with E-state index in [2.05, 4.69) is 15.6 Å². The van der Waals surface area contributed by atoms with Crippen LogP contribution in [0.15, 0.2) is 41.8 Å². The van der Waals surface area contributed by atoms with Gasteiger partial charge in [0.05, 0.1) is 19.9 Å². The molecule has 2 aromatic carbocycles. The Hall–Kier alpha value is -3.20. The van der Waals surface area contributed by atoms with E-state index in [4.69, 9.17) is 9.47 Å². The Kier molecular flexibility index (Phi) is 5.51. The Labute approximate surface area is 157 Å². The molecule has 27 heavy (non-hydrogen) atoms. The number of aromatic nitrogens is 1. The lowest BCUT2D eigenvalue weighted by atomic mass is 10.1. The molecule has 1 heterocycles. The van der Waals surface area contributed by atoms with Crippen molar-refractivity contribution in [3.63, 3.8) is 0 Å². The summed E-state index contributed by atoms with van der Waals surface area (Å²) in [6.45, 7) is 0. The van der Waals surface area contributed by atoms with Crippen LogP contribution in [0.2, 0.25) is 0 Å². The zero-order chi connectivity index (χ0) is 19.4. The number of carbonyl (C=O) groups is 1. The summed E-state index contributed by atoms with van der Waals surface area (Å²) in [6.07, 6.45) is 0. The van der Waals surface area contributed by atoms with E-state index in [9.17, 15) is 13.6 Å². The van der Waals surface area contributed by atoms with Crippen molar-refractivity contribution in [3.05, 3.63) is 53.4 Å². The number of ether oxygens (including phenoxy) is 2. The molecule has 9 heteroatoms. The molecule has 1 aromatic heterocycles. The molecule has 0 spiro atoms. The number of nitrogens with one attached hydrogen (secondary N) is 2. The van der Waals surface area contributed by atoms with Crippen molar-refractivity contribution >= 4 is 28.2 Å². The van der Waals surface area contributed by atoms with Crippen LogP contribution >= 0.6 is 11.3 Å². The van der Waals surface area contributed by atoms with Crippen molar-refractivity contribution < 1.29 is 23.0 Å². The Balaban J connectivity index is 1.78. The van der Waals surface area contributed by atoms with Gasteiger partial charge in [-0.25, -0.2) is 18.6 Å². The van der Waals surface area contributed by atoms with Crippen molar-refractivity contribution in [3.8, 4) is 22.8 Å². The summed E-state index contributed by atoms with van der Waals surface area (Å²) in [5.74, 6) is -0.524. The number of rotatable bonds is 5. The number of benzene rings is 2. The van der Waals surface area contributed by atoms with Crippen molar-refractivity contribution in [1.82, 2.24) is 4.98 Å². The van der Waals surface area contributed by atoms with Crippen LogP contribution in [-0.2, 0) is 0 Å². The number of thiazole rings is 1. The second kappa shape index (κ2) is 8.00. The minimum Gasteiger partial charge on any atom is -0.497 e. The quantitative estimate of drug-likeness (QED) is 0.658. The van der Waals surface area contributed by atoms with Gasteiger partial charge in [-0.2, -0.15) is 0 Å². The molecule has 0 aliphatic rings. The van der Waals surface area contributed by atoms with Gasteiger partial charge in [-0.3, -0.25) is 5.32 Å². The maximum atomic E-state index is 13.6. The lowest BCUT2D eigenvalue weighted by Gasteiger charge is -2.09. The molecular weight excluding hydrogens is 376 g/mol. The lowest BCUT2D eigenvalue weighted by Crippen LogP contribution is -2.20. The molecule has 0 unspecified atom stereocenters. The van der Waals surface area contributed by atoms with Crippen LogP contribution < -0.4 is 20.1 Å².